The Bertz CT molecular complexity index is 99.0. The summed E-state index contributed by atoms with van der Waals surface area (Å²) >= 11 is 0. The lowest BCUT2D eigenvalue weighted by Crippen LogP contribution is -2.14. The largest absolute Gasteiger partial charge is 0.463 e. The summed E-state index contributed by atoms with van der Waals surface area (Å²) < 4.78 is 4.65. The molecular formula is C7H14O3. The first-order valence-electron chi connectivity index (χ1n) is 3.50. The monoisotopic (exact) mass is 146 g/mol. The molecule has 0 aromatic rings. The maximum absolute atomic E-state index is 10.6. The maximum atomic E-state index is 10.6. The molecule has 0 rings (SSSR count). The van der Waals surface area contributed by atoms with E-state index in [1.165, 1.54) is 0 Å². The Morgan fingerprint density at radius 2 is 2.30 bits per heavy atom. The fourth-order valence-electron chi connectivity index (χ4n) is 0.490. The summed E-state index contributed by atoms with van der Waals surface area (Å²) in [6.07, 6.45) is 0.673. The molecular weight excluding hydrogens is 132 g/mol. The highest BCUT2D eigenvalue weighted by molar-refractivity contribution is 5.69. The third-order valence-electron chi connectivity index (χ3n) is 0.940. The summed E-state index contributed by atoms with van der Waals surface area (Å²) in [5.41, 5.74) is 0. The van der Waals surface area contributed by atoms with E-state index in [1.54, 1.807) is 6.92 Å². The summed E-state index contributed by atoms with van der Waals surface area (Å²) in [6.45, 7) is 3.60. The molecule has 0 aromatic carbocycles. The van der Waals surface area contributed by atoms with Gasteiger partial charge in [0.15, 0.2) is 0 Å². The maximum Gasteiger partial charge on any atom is 0.305 e. The molecule has 0 aliphatic carbocycles. The van der Waals surface area contributed by atoms with E-state index >= 15 is 0 Å². The second-order valence-electron chi connectivity index (χ2n) is 2.28. The number of hydrogen-bond acceptors (Lipinski definition) is 3. The number of aliphatic hydroxyl groups excluding tert-OH is 1. The number of aliphatic hydroxyl groups is 1. The molecule has 0 heterocycles. The second-order valence-corrected chi connectivity index (χ2v) is 2.28. The fraction of sp³-hybridized carbons (Fsp3) is 0.857. The molecule has 0 radical (unpaired) electrons. The highest BCUT2D eigenvalue weighted by Gasteiger charge is 2.01. The van der Waals surface area contributed by atoms with E-state index in [4.69, 9.17) is 5.11 Å². The van der Waals surface area contributed by atoms with Gasteiger partial charge in [-0.25, -0.2) is 0 Å². The summed E-state index contributed by atoms with van der Waals surface area (Å²) in [5, 5.41) is 8.69. The highest BCUT2D eigenvalue weighted by Crippen LogP contribution is 1.92. The van der Waals surface area contributed by atoms with Gasteiger partial charge < -0.3 is 9.84 Å². The minimum atomic E-state index is -0.555. The van der Waals surface area contributed by atoms with Gasteiger partial charge in [0.2, 0.25) is 0 Å². The molecule has 1 atom stereocenters. The summed E-state index contributed by atoms with van der Waals surface area (Å²) in [4.78, 5) is 10.6. The van der Waals surface area contributed by atoms with E-state index in [-0.39, 0.29) is 12.6 Å². The third kappa shape index (κ3) is 5.56. The molecule has 3 heteroatoms. The molecule has 0 aliphatic rings. The Morgan fingerprint density at radius 3 is 2.70 bits per heavy atom. The van der Waals surface area contributed by atoms with Crippen LogP contribution in [0.25, 0.3) is 0 Å². The van der Waals surface area contributed by atoms with Crippen molar-refractivity contribution in [3.05, 3.63) is 0 Å². The third-order valence-corrected chi connectivity index (χ3v) is 0.940. The number of carbonyl (C=O) groups excluding carboxylic acids is 1. The molecule has 0 bridgehead atoms. The van der Waals surface area contributed by atoms with Crippen LogP contribution in [0.1, 0.15) is 26.7 Å². The van der Waals surface area contributed by atoms with Gasteiger partial charge in [-0.3, -0.25) is 4.79 Å². The molecule has 0 aliphatic heterocycles. The van der Waals surface area contributed by atoms with Crippen molar-refractivity contribution >= 4 is 5.97 Å². The van der Waals surface area contributed by atoms with Crippen LogP contribution in [0.5, 0.6) is 0 Å². The van der Waals surface area contributed by atoms with Crippen LogP contribution in [-0.2, 0) is 9.53 Å². The highest BCUT2D eigenvalue weighted by atomic mass is 16.5. The predicted octanol–water partition coefficient (Wildman–Crippen LogP) is 0.710. The minimum Gasteiger partial charge on any atom is -0.463 e. The van der Waals surface area contributed by atoms with Crippen LogP contribution in [0.3, 0.4) is 0 Å². The van der Waals surface area contributed by atoms with Crippen molar-refractivity contribution in [2.45, 2.75) is 32.8 Å². The van der Waals surface area contributed by atoms with Crippen molar-refractivity contribution in [2.24, 2.45) is 0 Å². The number of ether oxygens (including phenoxy) is 1. The average Bonchev–Trinajstić information content (AvgIpc) is 1.85. The Labute approximate surface area is 61.0 Å². The zero-order valence-electron chi connectivity index (χ0n) is 6.46. The SMILES string of the molecule is CCCC(=O)OC[C@@H](C)O. The van der Waals surface area contributed by atoms with Gasteiger partial charge in [0, 0.05) is 6.42 Å². The second kappa shape index (κ2) is 5.23. The average molecular weight is 146 g/mol. The van der Waals surface area contributed by atoms with Crippen LogP contribution in [0, 0.1) is 0 Å². The van der Waals surface area contributed by atoms with Crippen LogP contribution in [-0.4, -0.2) is 23.8 Å². The molecule has 0 saturated heterocycles. The number of esters is 1. The van der Waals surface area contributed by atoms with Gasteiger partial charge >= 0.3 is 5.97 Å². The molecule has 0 amide bonds. The Kier molecular flexibility index (Phi) is 4.94. The molecule has 3 nitrogen and oxygen atoms in total. The van der Waals surface area contributed by atoms with Gasteiger partial charge in [-0.15, -0.1) is 0 Å². The summed E-state index contributed by atoms with van der Waals surface area (Å²) in [6, 6.07) is 0. The van der Waals surface area contributed by atoms with Crippen LogP contribution < -0.4 is 0 Å². The van der Waals surface area contributed by atoms with Gasteiger partial charge in [-0.2, -0.15) is 0 Å². The first-order chi connectivity index (χ1) is 4.66. The Morgan fingerprint density at radius 1 is 1.70 bits per heavy atom. The standard InChI is InChI=1S/C7H14O3/c1-3-4-7(9)10-5-6(2)8/h6,8H,3-5H2,1-2H3/t6-/m1/s1. The van der Waals surface area contributed by atoms with Crippen molar-refractivity contribution in [3.63, 3.8) is 0 Å². The molecule has 1 N–H and O–H groups in total. The molecule has 10 heavy (non-hydrogen) atoms. The lowest BCUT2D eigenvalue weighted by Gasteiger charge is -2.04. The number of carbonyl (C=O) groups is 1. The van der Waals surface area contributed by atoms with Gasteiger partial charge in [0.25, 0.3) is 0 Å². The van der Waals surface area contributed by atoms with E-state index in [2.05, 4.69) is 4.74 Å². The van der Waals surface area contributed by atoms with Crippen molar-refractivity contribution in [1.82, 2.24) is 0 Å². The quantitative estimate of drug-likeness (QED) is 0.594. The molecule has 0 unspecified atom stereocenters. The van der Waals surface area contributed by atoms with Crippen molar-refractivity contribution in [2.75, 3.05) is 6.61 Å². The van der Waals surface area contributed by atoms with Crippen LogP contribution in [0.2, 0.25) is 0 Å². The first kappa shape index (κ1) is 9.43. The smallest absolute Gasteiger partial charge is 0.305 e. The zero-order valence-corrected chi connectivity index (χ0v) is 6.46. The van der Waals surface area contributed by atoms with Crippen LogP contribution in [0.4, 0.5) is 0 Å². The van der Waals surface area contributed by atoms with E-state index in [1.807, 2.05) is 6.92 Å². The normalized spacial score (nSPS) is 12.7. The molecule has 0 fully saturated rings. The minimum absolute atomic E-state index is 0.110. The Hall–Kier alpha value is -0.570. The van der Waals surface area contributed by atoms with E-state index in [0.29, 0.717) is 6.42 Å². The molecule has 0 spiro atoms. The van der Waals surface area contributed by atoms with Gasteiger partial charge in [-0.05, 0) is 13.3 Å². The fourth-order valence-corrected chi connectivity index (χ4v) is 0.490. The van der Waals surface area contributed by atoms with Gasteiger partial charge in [-0.1, -0.05) is 6.92 Å². The molecule has 60 valence electrons. The van der Waals surface area contributed by atoms with Gasteiger partial charge in [0.05, 0.1) is 6.10 Å². The van der Waals surface area contributed by atoms with E-state index in [9.17, 15) is 4.79 Å². The topological polar surface area (TPSA) is 46.5 Å². The van der Waals surface area contributed by atoms with Crippen molar-refractivity contribution in [1.29, 1.82) is 0 Å². The number of hydrogen-bond donors (Lipinski definition) is 1. The predicted molar refractivity (Wildman–Crippen MR) is 37.5 cm³/mol. The van der Waals surface area contributed by atoms with Crippen LogP contribution in [0.15, 0.2) is 0 Å². The zero-order chi connectivity index (χ0) is 7.98. The first-order valence-corrected chi connectivity index (χ1v) is 3.50. The Balaban J connectivity index is 3.22. The van der Waals surface area contributed by atoms with E-state index in [0.717, 1.165) is 6.42 Å². The number of rotatable bonds is 4. The summed E-state index contributed by atoms with van der Waals surface area (Å²) in [5.74, 6) is -0.233. The lowest BCUT2D eigenvalue weighted by molar-refractivity contribution is -0.146. The van der Waals surface area contributed by atoms with Crippen LogP contribution >= 0.6 is 0 Å². The molecule has 0 aromatic heterocycles. The van der Waals surface area contributed by atoms with Crippen molar-refractivity contribution in [3.8, 4) is 0 Å². The lowest BCUT2D eigenvalue weighted by atomic mass is 10.3. The van der Waals surface area contributed by atoms with Gasteiger partial charge in [0.1, 0.15) is 6.61 Å². The van der Waals surface area contributed by atoms with Crippen molar-refractivity contribution < 1.29 is 14.6 Å². The van der Waals surface area contributed by atoms with E-state index < -0.39 is 6.10 Å². The summed E-state index contributed by atoms with van der Waals surface area (Å²) in [7, 11) is 0. The molecule has 0 saturated carbocycles.